The van der Waals surface area contributed by atoms with Crippen molar-refractivity contribution >= 4 is 29.0 Å². The van der Waals surface area contributed by atoms with Gasteiger partial charge in [0.1, 0.15) is 5.75 Å². The fourth-order valence-corrected chi connectivity index (χ4v) is 1.71. The number of nitro benzene ring substituents is 1. The highest BCUT2D eigenvalue weighted by atomic mass is 35.5. The van der Waals surface area contributed by atoms with E-state index in [0.717, 1.165) is 0 Å². The van der Waals surface area contributed by atoms with Crippen LogP contribution in [0.3, 0.4) is 0 Å². The lowest BCUT2D eigenvalue weighted by atomic mass is 10.3. The maximum Gasteiger partial charge on any atom is 0.321 e. The van der Waals surface area contributed by atoms with Crippen LogP contribution >= 0.6 is 11.6 Å². The number of urea groups is 1. The minimum Gasteiger partial charge on any atom is -0.473 e. The predicted octanol–water partition coefficient (Wildman–Crippen LogP) is 3.41. The monoisotopic (exact) mass is 321 g/mol. The van der Waals surface area contributed by atoms with Gasteiger partial charge in [-0.25, -0.2) is 4.79 Å². The van der Waals surface area contributed by atoms with Crippen LogP contribution in [0.4, 0.5) is 16.2 Å². The van der Waals surface area contributed by atoms with Gasteiger partial charge in [0.05, 0.1) is 4.92 Å². The van der Waals surface area contributed by atoms with Crippen LogP contribution < -0.4 is 15.4 Å². The van der Waals surface area contributed by atoms with Gasteiger partial charge in [-0.1, -0.05) is 17.7 Å². The minimum atomic E-state index is -0.535. The highest BCUT2D eigenvalue weighted by molar-refractivity contribution is 6.30. The zero-order valence-electron chi connectivity index (χ0n) is 11.3. The number of benzene rings is 2. The van der Waals surface area contributed by atoms with E-state index in [2.05, 4.69) is 10.6 Å². The van der Waals surface area contributed by atoms with E-state index in [0.29, 0.717) is 16.5 Å². The van der Waals surface area contributed by atoms with Crippen molar-refractivity contribution in [1.29, 1.82) is 0 Å². The van der Waals surface area contributed by atoms with Crippen LogP contribution in [0.5, 0.6) is 5.75 Å². The number of ether oxygens (including phenoxy) is 1. The number of anilines is 1. The van der Waals surface area contributed by atoms with Crippen molar-refractivity contribution < 1.29 is 14.5 Å². The zero-order valence-corrected chi connectivity index (χ0v) is 12.0. The molecule has 7 nitrogen and oxygen atoms in total. The summed E-state index contributed by atoms with van der Waals surface area (Å²) in [5, 5.41) is 16.2. The smallest absolute Gasteiger partial charge is 0.321 e. The van der Waals surface area contributed by atoms with Crippen molar-refractivity contribution in [2.45, 2.75) is 0 Å². The molecule has 2 N–H and O–H groups in total. The Labute approximate surface area is 131 Å². The summed E-state index contributed by atoms with van der Waals surface area (Å²) in [7, 11) is 0. The molecule has 0 aliphatic heterocycles. The number of nitrogens with zero attached hydrogens (tertiary/aromatic N) is 1. The summed E-state index contributed by atoms with van der Waals surface area (Å²) in [6.45, 7) is -0.0532. The van der Waals surface area contributed by atoms with E-state index in [4.69, 9.17) is 16.3 Å². The summed E-state index contributed by atoms with van der Waals surface area (Å²) in [5.41, 5.74) is 0.216. The van der Waals surface area contributed by atoms with Crippen LogP contribution in [0.25, 0.3) is 0 Å². The second-order valence-corrected chi connectivity index (χ2v) is 4.62. The van der Waals surface area contributed by atoms with E-state index in [1.165, 1.54) is 18.2 Å². The molecular formula is C14H12ClN3O4. The Bertz CT molecular complexity index is 676. The number of nitro groups is 1. The molecule has 0 fully saturated rings. The first-order valence-electron chi connectivity index (χ1n) is 6.22. The SMILES string of the molecule is O=C(NCOc1ccc(Cl)cc1)Nc1cccc([N+](=O)[O-])c1. The molecule has 0 aliphatic rings. The van der Waals surface area contributed by atoms with Gasteiger partial charge in [-0.3, -0.25) is 10.1 Å². The first-order valence-corrected chi connectivity index (χ1v) is 6.60. The first-order chi connectivity index (χ1) is 10.5. The topological polar surface area (TPSA) is 93.5 Å². The number of hydrogen-bond acceptors (Lipinski definition) is 4. The molecule has 2 aromatic carbocycles. The predicted molar refractivity (Wildman–Crippen MR) is 82.2 cm³/mol. The number of rotatable bonds is 5. The van der Waals surface area contributed by atoms with Crippen LogP contribution in [0.1, 0.15) is 0 Å². The molecule has 2 aromatic rings. The molecule has 0 heterocycles. The number of nitrogens with one attached hydrogen (secondary N) is 2. The van der Waals surface area contributed by atoms with Crippen molar-refractivity contribution in [2.24, 2.45) is 0 Å². The molecule has 0 saturated heterocycles. The van der Waals surface area contributed by atoms with Crippen molar-refractivity contribution in [3.05, 3.63) is 63.7 Å². The molecule has 114 valence electrons. The van der Waals surface area contributed by atoms with Gasteiger partial charge in [0.2, 0.25) is 0 Å². The summed E-state index contributed by atoms with van der Waals surface area (Å²) < 4.78 is 5.29. The molecule has 0 saturated carbocycles. The van der Waals surface area contributed by atoms with Crippen molar-refractivity contribution in [3.8, 4) is 5.75 Å². The second kappa shape index (κ2) is 7.28. The Kier molecular flexibility index (Phi) is 5.16. The molecule has 0 aliphatic carbocycles. The molecule has 0 bridgehead atoms. The molecule has 22 heavy (non-hydrogen) atoms. The standard InChI is InChI=1S/C14H12ClN3O4/c15-10-4-6-13(7-5-10)22-9-16-14(19)17-11-2-1-3-12(8-11)18(20)21/h1-8H,9H2,(H2,16,17,19). The van der Waals surface area contributed by atoms with Crippen LogP contribution in [0.2, 0.25) is 5.02 Å². The molecule has 0 radical (unpaired) electrons. The molecule has 8 heteroatoms. The van der Waals surface area contributed by atoms with Gasteiger partial charge in [-0.2, -0.15) is 0 Å². The summed E-state index contributed by atoms with van der Waals surface area (Å²) >= 11 is 5.74. The Morgan fingerprint density at radius 2 is 1.95 bits per heavy atom. The van der Waals surface area contributed by atoms with E-state index >= 15 is 0 Å². The van der Waals surface area contributed by atoms with Crippen LogP contribution in [0, 0.1) is 10.1 Å². The van der Waals surface area contributed by atoms with E-state index in [-0.39, 0.29) is 12.4 Å². The molecular weight excluding hydrogens is 310 g/mol. The third-order valence-electron chi connectivity index (χ3n) is 2.60. The van der Waals surface area contributed by atoms with Crippen molar-refractivity contribution in [2.75, 3.05) is 12.0 Å². The Hall–Kier alpha value is -2.80. The molecule has 0 aromatic heterocycles. The number of hydrogen-bond donors (Lipinski definition) is 2. The summed E-state index contributed by atoms with van der Waals surface area (Å²) in [6, 6.07) is 11.8. The number of carbonyl (C=O) groups is 1. The average Bonchev–Trinajstić information content (AvgIpc) is 2.49. The third kappa shape index (κ3) is 4.64. The lowest BCUT2D eigenvalue weighted by Crippen LogP contribution is -2.32. The second-order valence-electron chi connectivity index (χ2n) is 4.18. The zero-order chi connectivity index (χ0) is 15.9. The number of carbonyl (C=O) groups excluding carboxylic acids is 1. The summed E-state index contributed by atoms with van der Waals surface area (Å²) in [5.74, 6) is 0.556. The Morgan fingerprint density at radius 3 is 2.64 bits per heavy atom. The summed E-state index contributed by atoms with van der Waals surface area (Å²) in [6.07, 6.45) is 0. The van der Waals surface area contributed by atoms with Gasteiger partial charge < -0.3 is 15.4 Å². The summed E-state index contributed by atoms with van der Waals surface area (Å²) in [4.78, 5) is 21.7. The number of non-ortho nitro benzene ring substituents is 1. The fraction of sp³-hybridized carbons (Fsp3) is 0.0714. The quantitative estimate of drug-likeness (QED) is 0.501. The van der Waals surface area contributed by atoms with Crippen LogP contribution in [-0.4, -0.2) is 17.7 Å². The van der Waals surface area contributed by atoms with Crippen LogP contribution in [-0.2, 0) is 0 Å². The van der Waals surface area contributed by atoms with Gasteiger partial charge in [-0.05, 0) is 30.3 Å². The molecule has 0 unspecified atom stereocenters. The van der Waals surface area contributed by atoms with E-state index in [1.54, 1.807) is 30.3 Å². The van der Waals surface area contributed by atoms with Gasteiger partial charge in [-0.15, -0.1) is 0 Å². The Morgan fingerprint density at radius 1 is 1.23 bits per heavy atom. The molecule has 2 amide bonds. The van der Waals surface area contributed by atoms with Crippen molar-refractivity contribution in [1.82, 2.24) is 5.32 Å². The van der Waals surface area contributed by atoms with Gasteiger partial charge in [0.25, 0.3) is 5.69 Å². The van der Waals surface area contributed by atoms with E-state index in [1.807, 2.05) is 0 Å². The maximum absolute atomic E-state index is 11.6. The third-order valence-corrected chi connectivity index (χ3v) is 2.85. The highest BCUT2D eigenvalue weighted by Gasteiger charge is 2.07. The van der Waals surface area contributed by atoms with Crippen molar-refractivity contribution in [3.63, 3.8) is 0 Å². The molecule has 2 rings (SSSR count). The fourth-order valence-electron chi connectivity index (χ4n) is 1.59. The average molecular weight is 322 g/mol. The largest absolute Gasteiger partial charge is 0.473 e. The Balaban J connectivity index is 1.81. The highest BCUT2D eigenvalue weighted by Crippen LogP contribution is 2.17. The lowest BCUT2D eigenvalue weighted by molar-refractivity contribution is -0.384. The normalized spacial score (nSPS) is 9.86. The van der Waals surface area contributed by atoms with Crippen LogP contribution in [0.15, 0.2) is 48.5 Å². The van der Waals surface area contributed by atoms with Gasteiger partial charge in [0.15, 0.2) is 6.73 Å². The van der Waals surface area contributed by atoms with E-state index < -0.39 is 11.0 Å². The maximum atomic E-state index is 11.6. The van der Waals surface area contributed by atoms with E-state index in [9.17, 15) is 14.9 Å². The molecule has 0 spiro atoms. The van der Waals surface area contributed by atoms with Gasteiger partial charge >= 0.3 is 6.03 Å². The minimum absolute atomic E-state index is 0.0532. The number of halogens is 1. The van der Waals surface area contributed by atoms with Gasteiger partial charge in [0, 0.05) is 22.8 Å². The first kappa shape index (κ1) is 15.6. The number of amides is 2. The lowest BCUT2D eigenvalue weighted by Gasteiger charge is -2.09. The molecule has 0 atom stereocenters.